The summed E-state index contributed by atoms with van der Waals surface area (Å²) in [7, 11) is 0. The Morgan fingerprint density at radius 3 is 2.15 bits per heavy atom. The number of hydrogen-bond donors (Lipinski definition) is 0. The fraction of sp³-hybridized carbons (Fsp3) is 0.647. The highest BCUT2D eigenvalue weighted by molar-refractivity contribution is 5.53. The second kappa shape index (κ2) is 5.01. The molecule has 0 N–H and O–H groups in total. The second-order valence-corrected chi connectivity index (χ2v) is 7.27. The van der Waals surface area contributed by atoms with E-state index in [1.54, 1.807) is 13.0 Å². The van der Waals surface area contributed by atoms with Crippen LogP contribution in [0.1, 0.15) is 51.7 Å². The van der Waals surface area contributed by atoms with Gasteiger partial charge in [-0.15, -0.1) is 0 Å². The van der Waals surface area contributed by atoms with Gasteiger partial charge in [-0.2, -0.15) is 0 Å². The summed E-state index contributed by atoms with van der Waals surface area (Å²) in [6.45, 7) is 11.0. The molecule has 0 aliphatic carbocycles. The van der Waals surface area contributed by atoms with Crippen LogP contribution in [-0.2, 0) is 5.41 Å². The molecule has 1 fully saturated rings. The number of piperidine rings is 1. The van der Waals surface area contributed by atoms with Crippen molar-refractivity contribution in [2.24, 2.45) is 0 Å². The molecule has 0 atom stereocenters. The molecule has 1 aliphatic heterocycles. The molecule has 0 aromatic heterocycles. The van der Waals surface area contributed by atoms with Gasteiger partial charge in [0.1, 0.15) is 11.5 Å². The maximum atomic E-state index is 14.4. The molecule has 1 aromatic rings. The van der Waals surface area contributed by atoms with Crippen LogP contribution in [0.15, 0.2) is 12.1 Å². The van der Waals surface area contributed by atoms with Crippen molar-refractivity contribution in [3.63, 3.8) is 0 Å². The van der Waals surface area contributed by atoms with Gasteiger partial charge < -0.3 is 4.90 Å². The molecule has 0 unspecified atom stereocenters. The van der Waals surface area contributed by atoms with Crippen molar-refractivity contribution in [2.75, 3.05) is 18.0 Å². The highest BCUT2D eigenvalue weighted by Gasteiger charge is 2.30. The number of aryl methyl sites for hydroxylation is 1. The van der Waals surface area contributed by atoms with E-state index in [9.17, 15) is 8.78 Å². The van der Waals surface area contributed by atoms with Crippen LogP contribution in [0.25, 0.3) is 0 Å². The van der Waals surface area contributed by atoms with E-state index in [0.717, 1.165) is 16.8 Å². The largest absolute Gasteiger partial charge is 0.371 e. The first kappa shape index (κ1) is 15.3. The quantitative estimate of drug-likeness (QED) is 0.717. The van der Waals surface area contributed by atoms with Gasteiger partial charge >= 0.3 is 0 Å². The molecule has 0 saturated carbocycles. The van der Waals surface area contributed by atoms with Crippen molar-refractivity contribution in [3.05, 3.63) is 29.1 Å². The van der Waals surface area contributed by atoms with Gasteiger partial charge in [-0.25, -0.2) is 8.78 Å². The minimum Gasteiger partial charge on any atom is -0.371 e. The highest BCUT2D eigenvalue weighted by Crippen LogP contribution is 2.34. The van der Waals surface area contributed by atoms with Crippen molar-refractivity contribution in [2.45, 2.75) is 58.5 Å². The summed E-state index contributed by atoms with van der Waals surface area (Å²) >= 11 is 0. The Labute approximate surface area is 121 Å². The minimum atomic E-state index is -1.07. The number of rotatable bonds is 1. The lowest BCUT2D eigenvalue weighted by atomic mass is 9.83. The Bertz CT molecular complexity index is 467. The SMILES string of the molecule is Cc1cc(N2CCC(C)(F)CC2)cc(F)c1C(C)(C)C. The van der Waals surface area contributed by atoms with E-state index in [1.807, 2.05) is 33.8 Å². The number of anilines is 1. The van der Waals surface area contributed by atoms with E-state index >= 15 is 0 Å². The smallest absolute Gasteiger partial charge is 0.129 e. The van der Waals surface area contributed by atoms with Gasteiger partial charge in [0.25, 0.3) is 0 Å². The van der Waals surface area contributed by atoms with Gasteiger partial charge in [0, 0.05) is 18.8 Å². The lowest BCUT2D eigenvalue weighted by Crippen LogP contribution is -2.40. The summed E-state index contributed by atoms with van der Waals surface area (Å²) in [5.74, 6) is -0.152. The van der Waals surface area contributed by atoms with E-state index in [0.29, 0.717) is 25.9 Å². The third-order valence-corrected chi connectivity index (χ3v) is 4.19. The Morgan fingerprint density at radius 1 is 1.15 bits per heavy atom. The van der Waals surface area contributed by atoms with Crippen LogP contribution in [0, 0.1) is 12.7 Å². The summed E-state index contributed by atoms with van der Waals surface area (Å²) in [5, 5.41) is 0. The van der Waals surface area contributed by atoms with Gasteiger partial charge in [-0.05, 0) is 55.4 Å². The molecule has 0 spiro atoms. The third kappa shape index (κ3) is 3.13. The molecule has 1 saturated heterocycles. The van der Waals surface area contributed by atoms with Crippen LogP contribution < -0.4 is 4.90 Å². The molecule has 2 rings (SSSR count). The molecular formula is C17H25F2N. The van der Waals surface area contributed by atoms with Crippen molar-refractivity contribution < 1.29 is 8.78 Å². The predicted octanol–water partition coefficient (Wildman–Crippen LogP) is 4.76. The number of benzene rings is 1. The monoisotopic (exact) mass is 281 g/mol. The number of alkyl halides is 1. The van der Waals surface area contributed by atoms with Gasteiger partial charge in [0.15, 0.2) is 0 Å². The minimum absolute atomic E-state index is 0.152. The first-order valence-electron chi connectivity index (χ1n) is 7.35. The summed E-state index contributed by atoms with van der Waals surface area (Å²) in [6, 6.07) is 3.64. The maximum absolute atomic E-state index is 14.4. The number of nitrogens with zero attached hydrogens (tertiary/aromatic N) is 1. The normalized spacial score (nSPS) is 19.2. The van der Waals surface area contributed by atoms with Crippen LogP contribution in [0.5, 0.6) is 0 Å². The molecule has 0 radical (unpaired) electrons. The number of halogens is 2. The highest BCUT2D eigenvalue weighted by atomic mass is 19.1. The third-order valence-electron chi connectivity index (χ3n) is 4.19. The van der Waals surface area contributed by atoms with Crippen molar-refractivity contribution >= 4 is 5.69 Å². The summed E-state index contributed by atoms with van der Waals surface area (Å²) in [6.07, 6.45) is 1.02. The first-order valence-corrected chi connectivity index (χ1v) is 7.35. The Hall–Kier alpha value is -1.12. The first-order chi connectivity index (χ1) is 9.10. The van der Waals surface area contributed by atoms with E-state index in [2.05, 4.69) is 4.90 Å². The molecule has 3 heteroatoms. The van der Waals surface area contributed by atoms with Crippen LogP contribution in [-0.4, -0.2) is 18.8 Å². The van der Waals surface area contributed by atoms with E-state index in [-0.39, 0.29) is 11.2 Å². The zero-order chi connectivity index (χ0) is 15.1. The summed E-state index contributed by atoms with van der Waals surface area (Å²) in [4.78, 5) is 2.09. The molecule has 1 nitrogen and oxygen atoms in total. The van der Waals surface area contributed by atoms with E-state index in [1.165, 1.54) is 0 Å². The molecular weight excluding hydrogens is 256 g/mol. The lowest BCUT2D eigenvalue weighted by Gasteiger charge is -2.36. The average Bonchev–Trinajstić information content (AvgIpc) is 2.25. The molecule has 1 aromatic carbocycles. The van der Waals surface area contributed by atoms with Crippen molar-refractivity contribution in [1.82, 2.24) is 0 Å². The summed E-state index contributed by atoms with van der Waals surface area (Å²) < 4.78 is 28.3. The fourth-order valence-corrected chi connectivity index (χ4v) is 3.09. The van der Waals surface area contributed by atoms with Crippen molar-refractivity contribution in [3.8, 4) is 0 Å². The molecule has 1 heterocycles. The van der Waals surface area contributed by atoms with Crippen molar-refractivity contribution in [1.29, 1.82) is 0 Å². The molecule has 1 aliphatic rings. The maximum Gasteiger partial charge on any atom is 0.129 e. The van der Waals surface area contributed by atoms with Gasteiger partial charge in [0.2, 0.25) is 0 Å². The Kier molecular flexibility index (Phi) is 3.83. The molecule has 112 valence electrons. The van der Waals surface area contributed by atoms with Crippen LogP contribution >= 0.6 is 0 Å². The van der Waals surface area contributed by atoms with Gasteiger partial charge in [-0.1, -0.05) is 20.8 Å². The van der Waals surface area contributed by atoms with Crippen LogP contribution in [0.2, 0.25) is 0 Å². The molecule has 0 bridgehead atoms. The number of hydrogen-bond acceptors (Lipinski definition) is 1. The standard InChI is InChI=1S/C17H25F2N/c1-12-10-13(11-14(18)15(12)16(2,3)4)20-8-6-17(5,19)7-9-20/h10-11H,6-9H2,1-5H3. The zero-order valence-electron chi connectivity index (χ0n) is 13.2. The molecule has 0 amide bonds. The van der Waals surface area contributed by atoms with Gasteiger partial charge in [0.05, 0.1) is 0 Å². The van der Waals surface area contributed by atoms with Crippen LogP contribution in [0.4, 0.5) is 14.5 Å². The fourth-order valence-electron chi connectivity index (χ4n) is 3.09. The Balaban J connectivity index is 2.28. The average molecular weight is 281 g/mol. The lowest BCUT2D eigenvalue weighted by molar-refractivity contribution is 0.149. The van der Waals surface area contributed by atoms with E-state index < -0.39 is 5.67 Å². The van der Waals surface area contributed by atoms with Crippen LogP contribution in [0.3, 0.4) is 0 Å². The Morgan fingerprint density at radius 2 is 1.70 bits per heavy atom. The molecule has 20 heavy (non-hydrogen) atoms. The van der Waals surface area contributed by atoms with E-state index in [4.69, 9.17) is 0 Å². The predicted molar refractivity (Wildman–Crippen MR) is 80.8 cm³/mol. The summed E-state index contributed by atoms with van der Waals surface area (Å²) in [5.41, 5.74) is 1.35. The van der Waals surface area contributed by atoms with Gasteiger partial charge in [-0.3, -0.25) is 0 Å². The second-order valence-electron chi connectivity index (χ2n) is 7.27. The zero-order valence-corrected chi connectivity index (χ0v) is 13.2. The topological polar surface area (TPSA) is 3.24 Å².